The first-order chi connectivity index (χ1) is 15.0. The Morgan fingerprint density at radius 2 is 1.90 bits per heavy atom. The van der Waals surface area contributed by atoms with Crippen molar-refractivity contribution in [1.29, 1.82) is 0 Å². The second-order valence-electron chi connectivity index (χ2n) is 6.94. The molecule has 1 amide bonds. The first-order valence-corrected chi connectivity index (χ1v) is 10.5. The van der Waals surface area contributed by atoms with Crippen molar-refractivity contribution in [2.45, 2.75) is 26.2 Å². The molecule has 0 bridgehead atoms. The molecule has 4 rings (SSSR count). The Kier molecular flexibility index (Phi) is 5.81. The van der Waals surface area contributed by atoms with Crippen LogP contribution in [0, 0.1) is 6.92 Å². The molecular weight excluding hydrogens is 420 g/mol. The van der Waals surface area contributed by atoms with Gasteiger partial charge in [-0.3, -0.25) is 4.79 Å². The number of carbonyl (C=O) groups excluding carboxylic acids is 3. The minimum absolute atomic E-state index is 0.0296. The number of methoxy groups -OCH3 is 1. The number of hydrogen-bond donors (Lipinski definition) is 1. The number of esters is 2. The van der Waals surface area contributed by atoms with Gasteiger partial charge in [-0.15, -0.1) is 16.4 Å². The number of aryl methyl sites for hydroxylation is 2. The molecule has 0 fully saturated rings. The van der Waals surface area contributed by atoms with Crippen LogP contribution in [0.25, 0.3) is 5.69 Å². The molecular formula is C21H20N4O5S. The lowest BCUT2D eigenvalue weighted by Gasteiger charge is -2.07. The van der Waals surface area contributed by atoms with Crippen LogP contribution in [0.5, 0.6) is 0 Å². The predicted molar refractivity (Wildman–Crippen MR) is 113 cm³/mol. The van der Waals surface area contributed by atoms with Crippen LogP contribution in [0.1, 0.15) is 43.4 Å². The topological polar surface area (TPSA) is 112 Å². The summed E-state index contributed by atoms with van der Waals surface area (Å²) in [5, 5.41) is 11.5. The number of anilines is 1. The second-order valence-corrected chi connectivity index (χ2v) is 8.04. The fraction of sp³-hybridized carbons (Fsp3) is 0.286. The number of hydrogen-bond acceptors (Lipinski definition) is 8. The Morgan fingerprint density at radius 3 is 2.65 bits per heavy atom. The van der Waals surface area contributed by atoms with Crippen molar-refractivity contribution in [2.75, 3.05) is 19.0 Å². The van der Waals surface area contributed by atoms with Crippen LogP contribution in [0.4, 0.5) is 5.00 Å². The number of benzene rings is 1. The van der Waals surface area contributed by atoms with E-state index in [1.54, 1.807) is 19.1 Å². The molecule has 31 heavy (non-hydrogen) atoms. The van der Waals surface area contributed by atoms with E-state index in [9.17, 15) is 14.4 Å². The number of carbonyl (C=O) groups is 3. The number of fused-ring (bicyclic) bond motifs is 1. The van der Waals surface area contributed by atoms with Gasteiger partial charge in [0.25, 0.3) is 5.91 Å². The van der Waals surface area contributed by atoms with E-state index < -0.39 is 24.5 Å². The number of nitrogens with zero attached hydrogens (tertiary/aromatic N) is 3. The maximum atomic E-state index is 12.4. The van der Waals surface area contributed by atoms with Crippen LogP contribution >= 0.6 is 11.3 Å². The second kappa shape index (κ2) is 8.68. The van der Waals surface area contributed by atoms with Crippen LogP contribution in [-0.2, 0) is 27.1 Å². The molecule has 1 aliphatic carbocycles. The third kappa shape index (κ3) is 4.19. The van der Waals surface area contributed by atoms with Gasteiger partial charge in [0, 0.05) is 4.88 Å². The van der Waals surface area contributed by atoms with Crippen LogP contribution in [0.2, 0.25) is 0 Å². The van der Waals surface area contributed by atoms with Gasteiger partial charge in [-0.05, 0) is 43.9 Å². The third-order valence-electron chi connectivity index (χ3n) is 4.86. The van der Waals surface area contributed by atoms with E-state index in [1.165, 1.54) is 23.2 Å². The molecule has 0 spiro atoms. The summed E-state index contributed by atoms with van der Waals surface area (Å²) in [7, 11) is 1.31. The highest BCUT2D eigenvalue weighted by molar-refractivity contribution is 7.17. The van der Waals surface area contributed by atoms with E-state index in [2.05, 4.69) is 15.5 Å². The molecule has 9 nitrogen and oxygen atoms in total. The Balaban J connectivity index is 1.42. The van der Waals surface area contributed by atoms with Crippen molar-refractivity contribution in [1.82, 2.24) is 15.0 Å². The number of aromatic nitrogens is 3. The summed E-state index contributed by atoms with van der Waals surface area (Å²) in [5.41, 5.74) is 2.43. The molecule has 0 saturated carbocycles. The number of amides is 1. The van der Waals surface area contributed by atoms with E-state index in [1.807, 2.05) is 18.2 Å². The quantitative estimate of drug-likeness (QED) is 0.587. The average molecular weight is 440 g/mol. The molecule has 160 valence electrons. The monoisotopic (exact) mass is 440 g/mol. The zero-order chi connectivity index (χ0) is 22.0. The lowest BCUT2D eigenvalue weighted by molar-refractivity contribution is -0.119. The van der Waals surface area contributed by atoms with Crippen molar-refractivity contribution >= 4 is 34.2 Å². The summed E-state index contributed by atoms with van der Waals surface area (Å²) >= 11 is 1.36. The lowest BCUT2D eigenvalue weighted by atomic mass is 10.1. The van der Waals surface area contributed by atoms with E-state index in [4.69, 9.17) is 9.47 Å². The van der Waals surface area contributed by atoms with Crippen molar-refractivity contribution in [3.8, 4) is 5.69 Å². The van der Waals surface area contributed by atoms with E-state index in [0.717, 1.165) is 29.7 Å². The maximum Gasteiger partial charge on any atom is 0.361 e. The van der Waals surface area contributed by atoms with Crippen LogP contribution in [-0.4, -0.2) is 46.6 Å². The number of ether oxygens (including phenoxy) is 2. The van der Waals surface area contributed by atoms with Gasteiger partial charge in [0.05, 0.1) is 24.1 Å². The zero-order valence-corrected chi connectivity index (χ0v) is 17.8. The molecule has 0 atom stereocenters. The molecule has 1 aromatic carbocycles. The molecule has 2 heterocycles. The van der Waals surface area contributed by atoms with Gasteiger partial charge in [0.1, 0.15) is 5.00 Å². The number of rotatable bonds is 6. The standard InChI is InChI=1S/C21H20N4O5S/c1-12-18(24-25(23-12)13-7-4-3-5-8-13)21(28)30-11-16(26)22-19-17(20(27)29-2)14-9-6-10-15(14)31-19/h3-5,7-8H,6,9-11H2,1-2H3,(H,22,26). The summed E-state index contributed by atoms with van der Waals surface area (Å²) in [6.07, 6.45) is 2.61. The minimum Gasteiger partial charge on any atom is -0.465 e. The maximum absolute atomic E-state index is 12.4. The molecule has 0 unspecified atom stereocenters. The highest BCUT2D eigenvalue weighted by Gasteiger charge is 2.28. The molecule has 0 radical (unpaired) electrons. The number of para-hydroxylation sites is 1. The van der Waals surface area contributed by atoms with Crippen molar-refractivity contribution in [2.24, 2.45) is 0 Å². The highest BCUT2D eigenvalue weighted by Crippen LogP contribution is 2.39. The third-order valence-corrected chi connectivity index (χ3v) is 6.07. The SMILES string of the molecule is COC(=O)c1c(NC(=O)COC(=O)c2nn(-c3ccccc3)nc2C)sc2c1CCC2. The molecule has 3 aromatic rings. The minimum atomic E-state index is -0.753. The molecule has 1 N–H and O–H groups in total. The largest absolute Gasteiger partial charge is 0.465 e. The van der Waals surface area contributed by atoms with Gasteiger partial charge in [-0.2, -0.15) is 9.90 Å². The van der Waals surface area contributed by atoms with Gasteiger partial charge >= 0.3 is 11.9 Å². The van der Waals surface area contributed by atoms with Crippen LogP contribution in [0.3, 0.4) is 0 Å². The van der Waals surface area contributed by atoms with E-state index in [-0.39, 0.29) is 5.69 Å². The normalized spacial score (nSPS) is 12.3. The molecule has 2 aromatic heterocycles. The van der Waals surface area contributed by atoms with Crippen LogP contribution in [0.15, 0.2) is 30.3 Å². The van der Waals surface area contributed by atoms with Crippen LogP contribution < -0.4 is 5.32 Å². The molecule has 0 saturated heterocycles. The van der Waals surface area contributed by atoms with Crippen molar-refractivity contribution < 1.29 is 23.9 Å². The number of nitrogens with one attached hydrogen (secondary N) is 1. The first kappa shape index (κ1) is 20.7. The summed E-state index contributed by atoms with van der Waals surface area (Å²) in [4.78, 5) is 39.4. The summed E-state index contributed by atoms with van der Waals surface area (Å²) < 4.78 is 9.98. The van der Waals surface area contributed by atoms with E-state index >= 15 is 0 Å². The number of thiophene rings is 1. The average Bonchev–Trinajstić information content (AvgIpc) is 3.46. The van der Waals surface area contributed by atoms with E-state index in [0.29, 0.717) is 21.9 Å². The van der Waals surface area contributed by atoms with Gasteiger partial charge < -0.3 is 14.8 Å². The Bertz CT molecular complexity index is 1150. The summed E-state index contributed by atoms with van der Waals surface area (Å²) in [6.45, 7) is 1.12. The fourth-order valence-electron chi connectivity index (χ4n) is 3.42. The lowest BCUT2D eigenvalue weighted by Crippen LogP contribution is -2.22. The predicted octanol–water partition coefficient (Wildman–Crippen LogP) is 2.71. The smallest absolute Gasteiger partial charge is 0.361 e. The molecule has 10 heteroatoms. The molecule has 1 aliphatic rings. The summed E-state index contributed by atoms with van der Waals surface area (Å²) in [6, 6.07) is 9.14. The Labute approximate surface area is 182 Å². The van der Waals surface area contributed by atoms with Gasteiger partial charge in [-0.1, -0.05) is 18.2 Å². The van der Waals surface area contributed by atoms with Gasteiger partial charge in [0.15, 0.2) is 12.3 Å². The van der Waals surface area contributed by atoms with Crippen molar-refractivity contribution in [3.05, 3.63) is 57.7 Å². The zero-order valence-electron chi connectivity index (χ0n) is 17.0. The Hall–Kier alpha value is -3.53. The Morgan fingerprint density at radius 1 is 1.13 bits per heavy atom. The van der Waals surface area contributed by atoms with Gasteiger partial charge in [0.2, 0.25) is 0 Å². The fourth-order valence-corrected chi connectivity index (χ4v) is 4.71. The van der Waals surface area contributed by atoms with Gasteiger partial charge in [-0.25, -0.2) is 9.59 Å². The van der Waals surface area contributed by atoms with Crippen molar-refractivity contribution in [3.63, 3.8) is 0 Å². The first-order valence-electron chi connectivity index (χ1n) is 9.67. The molecule has 0 aliphatic heterocycles. The summed E-state index contributed by atoms with van der Waals surface area (Å²) in [5.74, 6) is -1.79. The highest BCUT2D eigenvalue weighted by atomic mass is 32.1.